The van der Waals surface area contributed by atoms with Crippen molar-refractivity contribution in [1.29, 1.82) is 0 Å². The highest BCUT2D eigenvalue weighted by Gasteiger charge is 2.41. The second-order valence-corrected chi connectivity index (χ2v) is 7.44. The molecule has 2 rings (SSSR count). The fourth-order valence-electron chi connectivity index (χ4n) is 2.65. The molecule has 1 aliphatic rings. The number of ether oxygens (including phenoxy) is 1. The first kappa shape index (κ1) is 17.3. The molecule has 0 fully saturated rings. The normalized spacial score (nSPS) is 19.3. The van der Waals surface area contributed by atoms with Gasteiger partial charge in [-0.1, -0.05) is 40.7 Å². The molecule has 5 nitrogen and oxygen atoms in total. The summed E-state index contributed by atoms with van der Waals surface area (Å²) in [5.74, 6) is -0.811. The Morgan fingerprint density at radius 2 is 1.87 bits per heavy atom. The lowest BCUT2D eigenvalue weighted by Crippen LogP contribution is -2.54. The molecule has 23 heavy (non-hydrogen) atoms. The van der Waals surface area contributed by atoms with Crippen molar-refractivity contribution >= 4 is 17.6 Å². The molecule has 2 atom stereocenters. The van der Waals surface area contributed by atoms with Gasteiger partial charge < -0.3 is 9.84 Å². The van der Waals surface area contributed by atoms with Gasteiger partial charge >= 0.3 is 5.97 Å². The van der Waals surface area contributed by atoms with Gasteiger partial charge in [0.2, 0.25) is 0 Å². The minimum atomic E-state index is -1.03. The van der Waals surface area contributed by atoms with Crippen LogP contribution in [-0.2, 0) is 15.0 Å². The Hall–Kier alpha value is -2.04. The Balaban J connectivity index is 2.60. The number of aliphatic carboxylic acids is 1. The van der Waals surface area contributed by atoms with E-state index in [0.717, 1.165) is 5.56 Å². The van der Waals surface area contributed by atoms with E-state index in [-0.39, 0.29) is 17.2 Å². The van der Waals surface area contributed by atoms with E-state index in [0.29, 0.717) is 11.4 Å². The lowest BCUT2D eigenvalue weighted by atomic mass is 9.86. The number of hydrogen-bond acceptors (Lipinski definition) is 3. The van der Waals surface area contributed by atoms with E-state index in [4.69, 9.17) is 4.74 Å². The van der Waals surface area contributed by atoms with E-state index in [1.54, 1.807) is 0 Å². The van der Waals surface area contributed by atoms with Gasteiger partial charge in [0.15, 0.2) is 6.10 Å². The van der Waals surface area contributed by atoms with E-state index in [2.05, 4.69) is 20.8 Å². The monoisotopic (exact) mass is 319 g/mol. The Morgan fingerprint density at radius 1 is 1.26 bits per heavy atom. The summed E-state index contributed by atoms with van der Waals surface area (Å²) in [7, 11) is 0. The molecule has 0 saturated heterocycles. The minimum absolute atomic E-state index is 0.0403. The summed E-state index contributed by atoms with van der Waals surface area (Å²) in [5.41, 5.74) is 1.46. The summed E-state index contributed by atoms with van der Waals surface area (Å²) in [6.45, 7) is 11.5. The molecule has 0 saturated carbocycles. The number of hydrogen-bond donors (Lipinski definition) is 1. The molecule has 0 aliphatic carbocycles. The highest BCUT2D eigenvalue weighted by atomic mass is 16.5. The van der Waals surface area contributed by atoms with E-state index in [9.17, 15) is 14.7 Å². The highest BCUT2D eigenvalue weighted by molar-refractivity contribution is 6.04. The molecule has 1 aromatic carbocycles. The lowest BCUT2D eigenvalue weighted by molar-refractivity contribution is -0.141. The maximum atomic E-state index is 12.8. The number of carboxylic acid groups (broad SMARTS) is 1. The number of carboxylic acids is 1. The minimum Gasteiger partial charge on any atom is -0.480 e. The highest BCUT2D eigenvalue weighted by Crippen LogP contribution is 2.39. The average Bonchev–Trinajstić information content (AvgIpc) is 2.44. The van der Waals surface area contributed by atoms with Gasteiger partial charge in [0.25, 0.3) is 5.91 Å². The van der Waals surface area contributed by atoms with Crippen LogP contribution in [0.3, 0.4) is 0 Å². The summed E-state index contributed by atoms with van der Waals surface area (Å²) >= 11 is 0. The molecule has 0 spiro atoms. The van der Waals surface area contributed by atoms with Gasteiger partial charge in [0.1, 0.15) is 11.8 Å². The molecular weight excluding hydrogens is 294 g/mol. The Labute approximate surface area is 137 Å². The van der Waals surface area contributed by atoms with E-state index in [1.165, 1.54) is 11.8 Å². The molecule has 1 aromatic rings. The number of anilines is 1. The van der Waals surface area contributed by atoms with Crippen molar-refractivity contribution in [2.24, 2.45) is 5.92 Å². The molecular formula is C18H25NO4. The number of rotatable bonds is 3. The molecule has 5 heteroatoms. The van der Waals surface area contributed by atoms with Crippen molar-refractivity contribution in [3.8, 4) is 5.75 Å². The van der Waals surface area contributed by atoms with Gasteiger partial charge in [-0.15, -0.1) is 0 Å². The third kappa shape index (κ3) is 3.19. The number of carbonyl (C=O) groups excluding carboxylic acids is 1. The van der Waals surface area contributed by atoms with Gasteiger partial charge in [-0.25, -0.2) is 4.79 Å². The molecule has 1 aliphatic heterocycles. The first-order chi connectivity index (χ1) is 10.5. The number of carbonyl (C=O) groups is 2. The Bertz CT molecular complexity index is 630. The fraction of sp³-hybridized carbons (Fsp3) is 0.556. The molecule has 1 amide bonds. The van der Waals surface area contributed by atoms with Gasteiger partial charge in [-0.2, -0.15) is 0 Å². The van der Waals surface area contributed by atoms with Gasteiger partial charge in [-0.05, 0) is 36.0 Å². The zero-order chi connectivity index (χ0) is 17.5. The van der Waals surface area contributed by atoms with Crippen molar-refractivity contribution in [1.82, 2.24) is 0 Å². The quantitative estimate of drug-likeness (QED) is 0.929. The Morgan fingerprint density at radius 3 is 2.35 bits per heavy atom. The summed E-state index contributed by atoms with van der Waals surface area (Å²) in [4.78, 5) is 25.6. The van der Waals surface area contributed by atoms with Crippen LogP contribution < -0.4 is 9.64 Å². The van der Waals surface area contributed by atoms with Crippen LogP contribution in [0.25, 0.3) is 0 Å². The summed E-state index contributed by atoms with van der Waals surface area (Å²) in [6, 6.07) is 4.72. The van der Waals surface area contributed by atoms with E-state index >= 15 is 0 Å². The lowest BCUT2D eigenvalue weighted by Gasteiger charge is -2.38. The average molecular weight is 319 g/mol. The van der Waals surface area contributed by atoms with Crippen LogP contribution in [0.15, 0.2) is 18.2 Å². The van der Waals surface area contributed by atoms with Crippen LogP contribution >= 0.6 is 0 Å². The number of fused-ring (bicyclic) bond motifs is 1. The van der Waals surface area contributed by atoms with Gasteiger partial charge in [-0.3, -0.25) is 9.69 Å². The van der Waals surface area contributed by atoms with Crippen LogP contribution in [0.1, 0.15) is 47.1 Å². The van der Waals surface area contributed by atoms with E-state index < -0.39 is 18.1 Å². The van der Waals surface area contributed by atoms with Crippen molar-refractivity contribution in [2.75, 3.05) is 4.90 Å². The number of amides is 1. The molecule has 1 heterocycles. The van der Waals surface area contributed by atoms with E-state index in [1.807, 2.05) is 32.0 Å². The Kier molecular flexibility index (Phi) is 4.42. The zero-order valence-corrected chi connectivity index (χ0v) is 14.6. The van der Waals surface area contributed by atoms with Crippen LogP contribution in [0.2, 0.25) is 0 Å². The molecule has 0 radical (unpaired) electrons. The van der Waals surface area contributed by atoms with Gasteiger partial charge in [0.05, 0.1) is 5.69 Å². The summed E-state index contributed by atoms with van der Waals surface area (Å²) in [6.07, 6.45) is -0.662. The first-order valence-corrected chi connectivity index (χ1v) is 7.91. The standard InChI is InChI=1S/C18H25NO4/c1-10(2)15-16(20)19(11(3)17(21)22)13-9-12(18(4,5)6)7-8-14(13)23-15/h7-11,15H,1-6H3,(H,21,22). The molecule has 2 unspecified atom stereocenters. The second kappa shape index (κ2) is 5.87. The molecule has 126 valence electrons. The topological polar surface area (TPSA) is 66.8 Å². The van der Waals surface area contributed by atoms with Crippen molar-refractivity contribution in [2.45, 2.75) is 59.1 Å². The molecule has 0 aromatic heterocycles. The zero-order valence-electron chi connectivity index (χ0n) is 14.6. The van der Waals surface area contributed by atoms with Crippen molar-refractivity contribution in [3.63, 3.8) is 0 Å². The predicted molar refractivity (Wildman–Crippen MR) is 89.0 cm³/mol. The maximum Gasteiger partial charge on any atom is 0.326 e. The third-order valence-corrected chi connectivity index (χ3v) is 4.17. The van der Waals surface area contributed by atoms with Crippen molar-refractivity contribution in [3.05, 3.63) is 23.8 Å². The largest absolute Gasteiger partial charge is 0.480 e. The molecule has 1 N–H and O–H groups in total. The number of nitrogens with zero attached hydrogens (tertiary/aromatic N) is 1. The summed E-state index contributed by atoms with van der Waals surface area (Å²) < 4.78 is 5.85. The maximum absolute atomic E-state index is 12.8. The van der Waals surface area contributed by atoms with Crippen molar-refractivity contribution < 1.29 is 19.4 Å². The fourth-order valence-corrected chi connectivity index (χ4v) is 2.65. The first-order valence-electron chi connectivity index (χ1n) is 7.91. The number of benzene rings is 1. The van der Waals surface area contributed by atoms with Crippen LogP contribution in [-0.4, -0.2) is 29.1 Å². The van der Waals surface area contributed by atoms with Gasteiger partial charge in [0, 0.05) is 0 Å². The third-order valence-electron chi connectivity index (χ3n) is 4.17. The second-order valence-electron chi connectivity index (χ2n) is 7.44. The smallest absolute Gasteiger partial charge is 0.326 e. The summed E-state index contributed by atoms with van der Waals surface area (Å²) in [5, 5.41) is 9.40. The SMILES string of the molecule is CC(C)C1Oc2ccc(C(C)(C)C)cc2N(C(C)C(=O)O)C1=O. The molecule has 0 bridgehead atoms. The predicted octanol–water partition coefficient (Wildman–Crippen LogP) is 3.21. The van der Waals surface area contributed by atoms with Crippen LogP contribution in [0.4, 0.5) is 5.69 Å². The van der Waals surface area contributed by atoms with Crippen LogP contribution in [0.5, 0.6) is 5.75 Å². The van der Waals surface area contributed by atoms with Crippen LogP contribution in [0, 0.1) is 5.92 Å².